The Morgan fingerprint density at radius 2 is 2.04 bits per heavy atom. The SMILES string of the molecule is Cc1cc(C(=O)NC[C@H]2Cc3ccccc3O2)c(C)n1Cc1ccccn1. The van der Waals surface area contributed by atoms with Crippen molar-refractivity contribution in [1.29, 1.82) is 0 Å². The number of hydrogen-bond acceptors (Lipinski definition) is 3. The summed E-state index contributed by atoms with van der Waals surface area (Å²) < 4.78 is 8.03. The molecule has 1 aliphatic heterocycles. The number of para-hydroxylation sites is 1. The third-order valence-corrected chi connectivity index (χ3v) is 5.07. The van der Waals surface area contributed by atoms with Crippen LogP contribution in [0.5, 0.6) is 5.75 Å². The molecule has 5 nitrogen and oxygen atoms in total. The number of aromatic nitrogens is 2. The van der Waals surface area contributed by atoms with Gasteiger partial charge in [-0.2, -0.15) is 0 Å². The van der Waals surface area contributed by atoms with Gasteiger partial charge in [-0.25, -0.2) is 0 Å². The lowest BCUT2D eigenvalue weighted by Crippen LogP contribution is -2.34. The molecule has 3 aromatic rings. The number of ether oxygens (including phenoxy) is 1. The number of nitrogens with one attached hydrogen (secondary N) is 1. The standard InChI is InChI=1S/C22H23N3O2/c1-15-11-20(16(2)25(15)14-18-8-5-6-10-23-18)22(26)24-13-19-12-17-7-3-4-9-21(17)27-19/h3-11,19H,12-14H2,1-2H3,(H,24,26)/t19-/m1/s1. The molecule has 0 bridgehead atoms. The van der Waals surface area contributed by atoms with E-state index < -0.39 is 0 Å². The van der Waals surface area contributed by atoms with E-state index >= 15 is 0 Å². The summed E-state index contributed by atoms with van der Waals surface area (Å²) in [5, 5.41) is 3.03. The molecule has 0 unspecified atom stereocenters. The zero-order valence-corrected chi connectivity index (χ0v) is 15.6. The normalized spacial score (nSPS) is 15.3. The van der Waals surface area contributed by atoms with Gasteiger partial charge < -0.3 is 14.6 Å². The van der Waals surface area contributed by atoms with Crippen molar-refractivity contribution in [2.24, 2.45) is 0 Å². The van der Waals surface area contributed by atoms with Crippen LogP contribution in [0.2, 0.25) is 0 Å². The third-order valence-electron chi connectivity index (χ3n) is 5.07. The Morgan fingerprint density at radius 1 is 1.22 bits per heavy atom. The monoisotopic (exact) mass is 361 g/mol. The summed E-state index contributed by atoms with van der Waals surface area (Å²) in [4.78, 5) is 17.1. The van der Waals surface area contributed by atoms with E-state index in [1.54, 1.807) is 6.20 Å². The average molecular weight is 361 g/mol. The van der Waals surface area contributed by atoms with E-state index in [4.69, 9.17) is 4.74 Å². The van der Waals surface area contributed by atoms with Gasteiger partial charge in [-0.3, -0.25) is 9.78 Å². The highest BCUT2D eigenvalue weighted by Gasteiger charge is 2.23. The fourth-order valence-corrected chi connectivity index (χ4v) is 3.60. The predicted molar refractivity (Wildman–Crippen MR) is 104 cm³/mol. The van der Waals surface area contributed by atoms with E-state index in [0.29, 0.717) is 18.7 Å². The predicted octanol–water partition coefficient (Wildman–Crippen LogP) is 3.28. The molecule has 0 fully saturated rings. The van der Waals surface area contributed by atoms with Crippen LogP contribution in [-0.2, 0) is 13.0 Å². The molecule has 1 amide bonds. The fourth-order valence-electron chi connectivity index (χ4n) is 3.60. The highest BCUT2D eigenvalue weighted by atomic mass is 16.5. The van der Waals surface area contributed by atoms with Gasteiger partial charge in [0.15, 0.2) is 0 Å². The molecule has 0 saturated carbocycles. The van der Waals surface area contributed by atoms with Crippen LogP contribution >= 0.6 is 0 Å². The van der Waals surface area contributed by atoms with Gasteiger partial charge >= 0.3 is 0 Å². The summed E-state index contributed by atoms with van der Waals surface area (Å²) in [6.45, 7) is 5.15. The molecule has 27 heavy (non-hydrogen) atoms. The summed E-state index contributed by atoms with van der Waals surface area (Å²) in [5.41, 5.74) is 4.88. The highest BCUT2D eigenvalue weighted by molar-refractivity contribution is 5.95. The largest absolute Gasteiger partial charge is 0.488 e. The molecule has 138 valence electrons. The molecule has 3 heterocycles. The number of pyridine rings is 1. The smallest absolute Gasteiger partial charge is 0.253 e. The van der Waals surface area contributed by atoms with E-state index in [-0.39, 0.29) is 12.0 Å². The molecule has 1 N–H and O–H groups in total. The van der Waals surface area contributed by atoms with Crippen LogP contribution < -0.4 is 10.1 Å². The number of rotatable bonds is 5. The van der Waals surface area contributed by atoms with Crippen LogP contribution in [0.15, 0.2) is 54.7 Å². The second-order valence-corrected chi connectivity index (χ2v) is 6.95. The van der Waals surface area contributed by atoms with Crippen LogP contribution in [0.25, 0.3) is 0 Å². The summed E-state index contributed by atoms with van der Waals surface area (Å²) in [6, 6.07) is 15.8. The molecule has 0 aliphatic carbocycles. The maximum atomic E-state index is 12.7. The molecule has 2 aromatic heterocycles. The Kier molecular flexibility index (Phi) is 4.67. The zero-order chi connectivity index (χ0) is 18.8. The molecular formula is C22H23N3O2. The van der Waals surface area contributed by atoms with Crippen LogP contribution in [0.3, 0.4) is 0 Å². The second-order valence-electron chi connectivity index (χ2n) is 6.95. The number of aryl methyl sites for hydroxylation is 1. The lowest BCUT2D eigenvalue weighted by Gasteiger charge is -2.12. The molecule has 0 radical (unpaired) electrons. The summed E-state index contributed by atoms with van der Waals surface area (Å²) >= 11 is 0. The Bertz CT molecular complexity index is 938. The van der Waals surface area contributed by atoms with Gasteiger partial charge in [0.25, 0.3) is 5.91 Å². The minimum atomic E-state index is -0.0603. The van der Waals surface area contributed by atoms with E-state index in [2.05, 4.69) is 20.9 Å². The van der Waals surface area contributed by atoms with Crippen molar-refractivity contribution in [2.75, 3.05) is 6.54 Å². The van der Waals surface area contributed by atoms with Crippen molar-refractivity contribution in [3.63, 3.8) is 0 Å². The zero-order valence-electron chi connectivity index (χ0n) is 15.6. The summed E-state index contributed by atoms with van der Waals surface area (Å²) in [7, 11) is 0. The van der Waals surface area contributed by atoms with E-state index in [9.17, 15) is 4.79 Å². The Hall–Kier alpha value is -3.08. The molecule has 5 heteroatoms. The number of hydrogen-bond donors (Lipinski definition) is 1. The first kappa shape index (κ1) is 17.3. The average Bonchev–Trinajstić information content (AvgIpc) is 3.22. The quantitative estimate of drug-likeness (QED) is 0.759. The maximum absolute atomic E-state index is 12.7. The Balaban J connectivity index is 1.41. The number of carbonyl (C=O) groups is 1. The van der Waals surface area contributed by atoms with Gasteiger partial charge in [-0.05, 0) is 43.7 Å². The summed E-state index contributed by atoms with van der Waals surface area (Å²) in [5.74, 6) is 0.861. The number of carbonyl (C=O) groups excluding carboxylic acids is 1. The van der Waals surface area contributed by atoms with Crippen molar-refractivity contribution in [2.45, 2.75) is 32.9 Å². The number of fused-ring (bicyclic) bond motifs is 1. The molecule has 4 rings (SSSR count). The molecule has 0 spiro atoms. The molecular weight excluding hydrogens is 338 g/mol. The molecule has 0 saturated heterocycles. The lowest BCUT2D eigenvalue weighted by atomic mass is 10.1. The van der Waals surface area contributed by atoms with Crippen LogP contribution in [0.1, 0.15) is 33.0 Å². The fraction of sp³-hybridized carbons (Fsp3) is 0.273. The second kappa shape index (κ2) is 7.27. The van der Waals surface area contributed by atoms with Gasteiger partial charge in [-0.1, -0.05) is 24.3 Å². The van der Waals surface area contributed by atoms with Gasteiger partial charge in [0, 0.05) is 24.0 Å². The van der Waals surface area contributed by atoms with E-state index in [0.717, 1.165) is 29.3 Å². The van der Waals surface area contributed by atoms with Crippen molar-refractivity contribution in [3.8, 4) is 5.75 Å². The molecule has 1 aromatic carbocycles. The topological polar surface area (TPSA) is 56.1 Å². The van der Waals surface area contributed by atoms with Crippen molar-refractivity contribution in [1.82, 2.24) is 14.9 Å². The van der Waals surface area contributed by atoms with Crippen LogP contribution in [-0.4, -0.2) is 28.1 Å². The first-order valence-corrected chi connectivity index (χ1v) is 9.21. The minimum Gasteiger partial charge on any atom is -0.488 e. The van der Waals surface area contributed by atoms with E-state index in [1.165, 1.54) is 5.56 Å². The van der Waals surface area contributed by atoms with Gasteiger partial charge in [0.1, 0.15) is 11.9 Å². The van der Waals surface area contributed by atoms with E-state index in [1.807, 2.05) is 56.3 Å². The van der Waals surface area contributed by atoms with Crippen molar-refractivity contribution in [3.05, 3.63) is 82.9 Å². The van der Waals surface area contributed by atoms with Crippen molar-refractivity contribution < 1.29 is 9.53 Å². The van der Waals surface area contributed by atoms with Crippen LogP contribution in [0.4, 0.5) is 0 Å². The van der Waals surface area contributed by atoms with Gasteiger partial charge in [-0.15, -0.1) is 0 Å². The summed E-state index contributed by atoms with van der Waals surface area (Å²) in [6.07, 6.45) is 2.61. The molecule has 1 aliphatic rings. The first-order valence-electron chi connectivity index (χ1n) is 9.21. The van der Waals surface area contributed by atoms with Crippen molar-refractivity contribution >= 4 is 5.91 Å². The maximum Gasteiger partial charge on any atom is 0.253 e. The number of amides is 1. The Labute approximate surface area is 159 Å². The minimum absolute atomic E-state index is 0.0108. The third kappa shape index (κ3) is 3.58. The van der Waals surface area contributed by atoms with Gasteiger partial charge in [0.2, 0.25) is 0 Å². The number of benzene rings is 1. The Morgan fingerprint density at radius 3 is 2.81 bits per heavy atom. The number of nitrogens with zero attached hydrogens (tertiary/aromatic N) is 2. The lowest BCUT2D eigenvalue weighted by molar-refractivity contribution is 0.0933. The van der Waals surface area contributed by atoms with Crippen LogP contribution in [0, 0.1) is 13.8 Å². The molecule has 1 atom stereocenters. The highest BCUT2D eigenvalue weighted by Crippen LogP contribution is 2.27. The first-order chi connectivity index (χ1) is 13.1. The van der Waals surface area contributed by atoms with Gasteiger partial charge in [0.05, 0.1) is 24.3 Å².